The van der Waals surface area contributed by atoms with E-state index in [0.29, 0.717) is 11.0 Å². The highest BCUT2D eigenvalue weighted by molar-refractivity contribution is 6.29. The molecule has 2 rings (SSSR count). The zero-order chi connectivity index (χ0) is 9.10. The summed E-state index contributed by atoms with van der Waals surface area (Å²) in [5.74, 6) is 1.38. The van der Waals surface area contributed by atoms with Crippen LogP contribution in [0, 0.1) is 5.92 Å². The second kappa shape index (κ2) is 3.97. The van der Waals surface area contributed by atoms with Gasteiger partial charge in [0.2, 0.25) is 5.88 Å². The first-order chi connectivity index (χ1) is 6.34. The average Bonchev–Trinajstić information content (AvgIpc) is 2.01. The molecule has 13 heavy (non-hydrogen) atoms. The predicted octanol–water partition coefficient (Wildman–Crippen LogP) is 2.91. The van der Waals surface area contributed by atoms with E-state index in [4.69, 9.17) is 16.3 Å². The third kappa shape index (κ3) is 2.34. The van der Waals surface area contributed by atoms with Gasteiger partial charge in [-0.25, -0.2) is 4.98 Å². The molecule has 1 aliphatic carbocycles. The minimum absolute atomic E-state index is 0.492. The Balaban J connectivity index is 1.86. The number of nitrogens with zero attached hydrogens (tertiary/aromatic N) is 1. The SMILES string of the molecule is Clc1cccc(OCC2CCC2)n1. The lowest BCUT2D eigenvalue weighted by Gasteiger charge is -2.24. The highest BCUT2D eigenvalue weighted by atomic mass is 35.5. The van der Waals surface area contributed by atoms with Crippen molar-refractivity contribution in [1.29, 1.82) is 0 Å². The van der Waals surface area contributed by atoms with Crippen LogP contribution in [0.5, 0.6) is 5.88 Å². The molecule has 3 heteroatoms. The Kier molecular flexibility index (Phi) is 2.69. The summed E-state index contributed by atoms with van der Waals surface area (Å²) in [7, 11) is 0. The zero-order valence-corrected chi connectivity index (χ0v) is 8.13. The fraction of sp³-hybridized carbons (Fsp3) is 0.500. The quantitative estimate of drug-likeness (QED) is 0.696. The topological polar surface area (TPSA) is 22.1 Å². The maximum absolute atomic E-state index is 5.72. The minimum atomic E-state index is 0.492. The Morgan fingerprint density at radius 1 is 1.46 bits per heavy atom. The lowest BCUT2D eigenvalue weighted by Crippen LogP contribution is -2.19. The maximum Gasteiger partial charge on any atom is 0.214 e. The fourth-order valence-corrected chi connectivity index (χ4v) is 1.49. The summed E-state index contributed by atoms with van der Waals surface area (Å²) in [6, 6.07) is 5.44. The van der Waals surface area contributed by atoms with Crippen molar-refractivity contribution >= 4 is 11.6 Å². The lowest BCUT2D eigenvalue weighted by molar-refractivity contribution is 0.175. The summed E-state index contributed by atoms with van der Waals surface area (Å²) in [5.41, 5.74) is 0. The van der Waals surface area contributed by atoms with Crippen LogP contribution in [0.1, 0.15) is 19.3 Å². The molecule has 0 bridgehead atoms. The molecule has 0 aliphatic heterocycles. The van der Waals surface area contributed by atoms with E-state index >= 15 is 0 Å². The van der Waals surface area contributed by atoms with Crippen LogP contribution in [0.2, 0.25) is 5.15 Å². The first kappa shape index (κ1) is 8.82. The summed E-state index contributed by atoms with van der Waals surface area (Å²) in [6.45, 7) is 0.785. The van der Waals surface area contributed by atoms with E-state index in [1.165, 1.54) is 19.3 Å². The van der Waals surface area contributed by atoms with E-state index in [9.17, 15) is 0 Å². The van der Waals surface area contributed by atoms with Crippen LogP contribution in [0.15, 0.2) is 18.2 Å². The third-order valence-corrected chi connectivity index (χ3v) is 2.59. The van der Waals surface area contributed by atoms with E-state index in [1.807, 2.05) is 12.1 Å². The molecular formula is C10H12ClNO. The van der Waals surface area contributed by atoms with Gasteiger partial charge in [-0.3, -0.25) is 0 Å². The van der Waals surface area contributed by atoms with Crippen molar-refractivity contribution in [1.82, 2.24) is 4.98 Å². The van der Waals surface area contributed by atoms with Gasteiger partial charge in [0.15, 0.2) is 0 Å². The van der Waals surface area contributed by atoms with Crippen LogP contribution < -0.4 is 4.74 Å². The molecule has 0 amide bonds. The Morgan fingerprint density at radius 2 is 2.31 bits per heavy atom. The standard InChI is InChI=1S/C10H12ClNO/c11-9-5-2-6-10(12-9)13-7-8-3-1-4-8/h2,5-6,8H,1,3-4,7H2. The molecule has 0 radical (unpaired) electrons. The number of hydrogen-bond acceptors (Lipinski definition) is 2. The van der Waals surface area contributed by atoms with E-state index < -0.39 is 0 Å². The highest BCUT2D eigenvalue weighted by Gasteiger charge is 2.17. The largest absolute Gasteiger partial charge is 0.477 e. The smallest absolute Gasteiger partial charge is 0.214 e. The van der Waals surface area contributed by atoms with Crippen LogP contribution in [0.25, 0.3) is 0 Å². The summed E-state index contributed by atoms with van der Waals surface area (Å²) < 4.78 is 5.50. The molecule has 1 aliphatic rings. The molecule has 1 fully saturated rings. The molecule has 0 N–H and O–H groups in total. The minimum Gasteiger partial charge on any atom is -0.477 e. The van der Waals surface area contributed by atoms with Gasteiger partial charge in [0.05, 0.1) is 6.61 Å². The predicted molar refractivity (Wildman–Crippen MR) is 52.1 cm³/mol. The number of aromatic nitrogens is 1. The zero-order valence-electron chi connectivity index (χ0n) is 7.37. The van der Waals surface area contributed by atoms with Crippen molar-refractivity contribution in [2.24, 2.45) is 5.92 Å². The summed E-state index contributed by atoms with van der Waals surface area (Å²) in [6.07, 6.45) is 3.93. The Labute approximate surface area is 82.9 Å². The first-order valence-corrected chi connectivity index (χ1v) is 4.98. The molecule has 0 aromatic carbocycles. The molecule has 0 saturated heterocycles. The van der Waals surface area contributed by atoms with E-state index in [0.717, 1.165) is 12.5 Å². The van der Waals surface area contributed by atoms with Gasteiger partial charge in [0, 0.05) is 6.07 Å². The first-order valence-electron chi connectivity index (χ1n) is 4.60. The van der Waals surface area contributed by atoms with Crippen molar-refractivity contribution in [3.8, 4) is 5.88 Å². The summed E-state index contributed by atoms with van der Waals surface area (Å²) in [4.78, 5) is 4.05. The van der Waals surface area contributed by atoms with Gasteiger partial charge in [0.25, 0.3) is 0 Å². The molecule has 0 atom stereocenters. The molecule has 2 nitrogen and oxygen atoms in total. The number of pyridine rings is 1. The number of hydrogen-bond donors (Lipinski definition) is 0. The second-order valence-corrected chi connectivity index (χ2v) is 3.79. The van der Waals surface area contributed by atoms with E-state index in [-0.39, 0.29) is 0 Å². The second-order valence-electron chi connectivity index (χ2n) is 3.41. The van der Waals surface area contributed by atoms with Gasteiger partial charge >= 0.3 is 0 Å². The van der Waals surface area contributed by atoms with Crippen molar-refractivity contribution in [3.05, 3.63) is 23.4 Å². The monoisotopic (exact) mass is 197 g/mol. The molecule has 1 aromatic rings. The molecule has 0 spiro atoms. The van der Waals surface area contributed by atoms with Crippen LogP contribution >= 0.6 is 11.6 Å². The average molecular weight is 198 g/mol. The van der Waals surface area contributed by atoms with E-state index in [1.54, 1.807) is 6.07 Å². The van der Waals surface area contributed by atoms with Crippen molar-refractivity contribution in [2.45, 2.75) is 19.3 Å². The number of ether oxygens (including phenoxy) is 1. The van der Waals surface area contributed by atoms with Crippen LogP contribution in [-0.2, 0) is 0 Å². The molecule has 1 saturated carbocycles. The van der Waals surface area contributed by atoms with Crippen LogP contribution in [0.3, 0.4) is 0 Å². The molecule has 1 heterocycles. The normalized spacial score (nSPS) is 16.7. The van der Waals surface area contributed by atoms with Gasteiger partial charge in [-0.05, 0) is 24.8 Å². The summed E-state index contributed by atoms with van der Waals surface area (Å²) >= 11 is 5.72. The Bertz CT molecular complexity index is 286. The molecule has 0 unspecified atom stereocenters. The maximum atomic E-state index is 5.72. The van der Waals surface area contributed by atoms with E-state index in [2.05, 4.69) is 4.98 Å². The Hall–Kier alpha value is -0.760. The molecule has 70 valence electrons. The van der Waals surface area contributed by atoms with Crippen LogP contribution in [0.4, 0.5) is 0 Å². The third-order valence-electron chi connectivity index (χ3n) is 2.38. The molecule has 1 aromatic heterocycles. The number of halogens is 1. The summed E-state index contributed by atoms with van der Waals surface area (Å²) in [5, 5.41) is 0.492. The van der Waals surface area contributed by atoms with Gasteiger partial charge < -0.3 is 4.74 Å². The van der Waals surface area contributed by atoms with Gasteiger partial charge in [-0.15, -0.1) is 0 Å². The van der Waals surface area contributed by atoms with Crippen molar-refractivity contribution < 1.29 is 4.74 Å². The van der Waals surface area contributed by atoms with Gasteiger partial charge in [-0.1, -0.05) is 24.1 Å². The highest BCUT2D eigenvalue weighted by Crippen LogP contribution is 2.26. The lowest BCUT2D eigenvalue weighted by atomic mass is 9.86. The molecular weight excluding hydrogens is 186 g/mol. The van der Waals surface area contributed by atoms with Crippen LogP contribution in [-0.4, -0.2) is 11.6 Å². The number of rotatable bonds is 3. The van der Waals surface area contributed by atoms with Gasteiger partial charge in [0.1, 0.15) is 5.15 Å². The van der Waals surface area contributed by atoms with Crippen molar-refractivity contribution in [2.75, 3.05) is 6.61 Å². The van der Waals surface area contributed by atoms with Crippen molar-refractivity contribution in [3.63, 3.8) is 0 Å². The fourth-order valence-electron chi connectivity index (χ4n) is 1.33. The Morgan fingerprint density at radius 3 is 2.92 bits per heavy atom. The van der Waals surface area contributed by atoms with Gasteiger partial charge in [-0.2, -0.15) is 0 Å².